The first-order chi connectivity index (χ1) is 21.8. The van der Waals surface area contributed by atoms with E-state index in [9.17, 15) is 0 Å². The highest BCUT2D eigenvalue weighted by Gasteiger charge is 2.21. The SMILES string of the molecule is c1ccc(-c2cccc(-c3nc(-c4ccccc4)nc(-n4c5ccccc5c5ccc6oc7ccccc7c6c54)n3)c2)cc1. The van der Waals surface area contributed by atoms with Gasteiger partial charge in [0.1, 0.15) is 11.2 Å². The highest BCUT2D eigenvalue weighted by molar-refractivity contribution is 6.24. The predicted octanol–water partition coefficient (Wildman–Crippen LogP) is 9.87. The van der Waals surface area contributed by atoms with Crippen molar-refractivity contribution in [1.29, 1.82) is 0 Å². The second-order valence-electron chi connectivity index (χ2n) is 10.9. The minimum atomic E-state index is 0.558. The second-order valence-corrected chi connectivity index (χ2v) is 10.9. The lowest BCUT2D eigenvalue weighted by Crippen LogP contribution is -2.06. The van der Waals surface area contributed by atoms with E-state index in [1.807, 2.05) is 48.5 Å². The van der Waals surface area contributed by atoms with E-state index in [4.69, 9.17) is 19.4 Å². The van der Waals surface area contributed by atoms with Gasteiger partial charge in [-0.15, -0.1) is 0 Å². The molecule has 0 spiro atoms. The molecule has 5 nitrogen and oxygen atoms in total. The van der Waals surface area contributed by atoms with E-state index in [-0.39, 0.29) is 0 Å². The molecule has 9 aromatic rings. The molecule has 3 heterocycles. The van der Waals surface area contributed by atoms with Crippen molar-refractivity contribution in [2.45, 2.75) is 0 Å². The smallest absolute Gasteiger partial charge is 0.238 e. The molecule has 9 rings (SSSR count). The summed E-state index contributed by atoms with van der Waals surface area (Å²) >= 11 is 0. The summed E-state index contributed by atoms with van der Waals surface area (Å²) in [6, 6.07) is 49.7. The molecule has 0 saturated carbocycles. The molecule has 0 aliphatic heterocycles. The number of hydrogen-bond donors (Lipinski definition) is 0. The number of furan rings is 1. The van der Waals surface area contributed by atoms with Gasteiger partial charge < -0.3 is 4.42 Å². The number of fused-ring (bicyclic) bond motifs is 7. The molecule has 0 saturated heterocycles. The van der Waals surface area contributed by atoms with E-state index >= 15 is 0 Å². The third-order valence-corrected chi connectivity index (χ3v) is 8.26. The van der Waals surface area contributed by atoms with Gasteiger partial charge in [0, 0.05) is 27.3 Å². The Hall–Kier alpha value is -6.07. The van der Waals surface area contributed by atoms with Gasteiger partial charge in [-0.25, -0.2) is 4.98 Å². The van der Waals surface area contributed by atoms with Crippen LogP contribution in [-0.2, 0) is 0 Å². The Morgan fingerprint density at radius 1 is 0.432 bits per heavy atom. The molecule has 0 amide bonds. The fourth-order valence-electron chi connectivity index (χ4n) is 6.25. The molecule has 44 heavy (non-hydrogen) atoms. The lowest BCUT2D eigenvalue weighted by atomic mass is 10.0. The monoisotopic (exact) mass is 564 g/mol. The van der Waals surface area contributed by atoms with Gasteiger partial charge in [0.15, 0.2) is 11.6 Å². The average Bonchev–Trinajstić information content (AvgIpc) is 3.65. The normalized spacial score (nSPS) is 11.6. The Bertz CT molecular complexity index is 2490. The number of aromatic nitrogens is 4. The Balaban J connectivity index is 1.38. The maximum absolute atomic E-state index is 6.32. The van der Waals surface area contributed by atoms with Crippen molar-refractivity contribution >= 4 is 43.7 Å². The van der Waals surface area contributed by atoms with E-state index in [1.54, 1.807) is 0 Å². The van der Waals surface area contributed by atoms with E-state index in [0.29, 0.717) is 17.6 Å². The Morgan fingerprint density at radius 3 is 1.89 bits per heavy atom. The maximum Gasteiger partial charge on any atom is 0.238 e. The molecule has 5 heteroatoms. The van der Waals surface area contributed by atoms with Gasteiger partial charge in [0.2, 0.25) is 5.95 Å². The summed E-state index contributed by atoms with van der Waals surface area (Å²) in [5.41, 5.74) is 7.82. The minimum absolute atomic E-state index is 0.558. The van der Waals surface area contributed by atoms with Crippen LogP contribution in [-0.4, -0.2) is 19.5 Å². The number of para-hydroxylation sites is 2. The van der Waals surface area contributed by atoms with Gasteiger partial charge >= 0.3 is 0 Å². The van der Waals surface area contributed by atoms with Crippen LogP contribution in [0.15, 0.2) is 150 Å². The van der Waals surface area contributed by atoms with E-state index in [0.717, 1.165) is 66.0 Å². The molecule has 0 radical (unpaired) electrons. The molecule has 0 bridgehead atoms. The van der Waals surface area contributed by atoms with Crippen molar-refractivity contribution in [2.24, 2.45) is 0 Å². The summed E-state index contributed by atoms with van der Waals surface area (Å²) in [6.45, 7) is 0. The average molecular weight is 565 g/mol. The van der Waals surface area contributed by atoms with Crippen molar-refractivity contribution in [1.82, 2.24) is 19.5 Å². The predicted molar refractivity (Wildman–Crippen MR) is 178 cm³/mol. The van der Waals surface area contributed by atoms with Gasteiger partial charge in [-0.05, 0) is 41.5 Å². The summed E-state index contributed by atoms with van der Waals surface area (Å²) in [5.74, 6) is 1.79. The Kier molecular flexibility index (Phi) is 5.43. The van der Waals surface area contributed by atoms with Gasteiger partial charge in [-0.1, -0.05) is 115 Å². The fourth-order valence-corrected chi connectivity index (χ4v) is 6.25. The van der Waals surface area contributed by atoms with Crippen molar-refractivity contribution in [3.8, 4) is 39.9 Å². The zero-order chi connectivity index (χ0) is 29.0. The van der Waals surface area contributed by atoms with Crippen LogP contribution in [0, 0.1) is 0 Å². The molecule has 0 aliphatic carbocycles. The van der Waals surface area contributed by atoms with Crippen LogP contribution < -0.4 is 0 Å². The van der Waals surface area contributed by atoms with Crippen LogP contribution in [0.5, 0.6) is 0 Å². The van der Waals surface area contributed by atoms with Crippen LogP contribution in [0.2, 0.25) is 0 Å². The summed E-state index contributed by atoms with van der Waals surface area (Å²) in [6.07, 6.45) is 0. The topological polar surface area (TPSA) is 56.7 Å². The lowest BCUT2D eigenvalue weighted by molar-refractivity contribution is 0.669. The standard InChI is InChI=1S/C39H24N4O/c1-3-12-25(13-4-1)27-16-11-17-28(24-27)38-40-37(26-14-5-2-6-15-26)41-39(42-38)43-32-20-9-7-18-29(32)30-22-23-34-35(36(30)43)31-19-8-10-21-33(31)44-34/h1-24H. The summed E-state index contributed by atoms with van der Waals surface area (Å²) in [5, 5.41) is 4.35. The highest BCUT2D eigenvalue weighted by atomic mass is 16.3. The lowest BCUT2D eigenvalue weighted by Gasteiger charge is -2.12. The fraction of sp³-hybridized carbons (Fsp3) is 0. The largest absolute Gasteiger partial charge is 0.456 e. The summed E-state index contributed by atoms with van der Waals surface area (Å²) < 4.78 is 8.50. The number of nitrogens with zero attached hydrogens (tertiary/aromatic N) is 4. The molecule has 0 atom stereocenters. The first-order valence-electron chi connectivity index (χ1n) is 14.6. The number of rotatable bonds is 4. The first-order valence-corrected chi connectivity index (χ1v) is 14.6. The summed E-state index contributed by atoms with van der Waals surface area (Å²) in [7, 11) is 0. The van der Waals surface area contributed by atoms with Gasteiger partial charge in [0.25, 0.3) is 0 Å². The third kappa shape index (κ3) is 3.83. The maximum atomic E-state index is 6.32. The molecular weight excluding hydrogens is 540 g/mol. The molecule has 6 aromatic carbocycles. The minimum Gasteiger partial charge on any atom is -0.456 e. The van der Waals surface area contributed by atoms with Crippen LogP contribution in [0.1, 0.15) is 0 Å². The molecule has 206 valence electrons. The zero-order valence-electron chi connectivity index (χ0n) is 23.6. The zero-order valence-corrected chi connectivity index (χ0v) is 23.6. The van der Waals surface area contributed by atoms with Crippen molar-refractivity contribution in [3.05, 3.63) is 146 Å². The highest BCUT2D eigenvalue weighted by Crippen LogP contribution is 2.40. The second kappa shape index (κ2) is 9.75. The van der Waals surface area contributed by atoms with Crippen molar-refractivity contribution in [2.75, 3.05) is 0 Å². The van der Waals surface area contributed by atoms with Crippen LogP contribution in [0.25, 0.3) is 83.6 Å². The molecule has 3 aromatic heterocycles. The first kappa shape index (κ1) is 24.5. The molecular formula is C39H24N4O. The van der Waals surface area contributed by atoms with E-state index in [1.165, 1.54) is 0 Å². The molecule has 0 aliphatic rings. The number of hydrogen-bond acceptors (Lipinski definition) is 4. The van der Waals surface area contributed by atoms with Crippen LogP contribution in [0.3, 0.4) is 0 Å². The van der Waals surface area contributed by atoms with Crippen LogP contribution in [0.4, 0.5) is 0 Å². The number of benzene rings is 6. The Morgan fingerprint density at radius 2 is 1.07 bits per heavy atom. The van der Waals surface area contributed by atoms with Crippen molar-refractivity contribution in [3.63, 3.8) is 0 Å². The summed E-state index contributed by atoms with van der Waals surface area (Å²) in [4.78, 5) is 15.3. The van der Waals surface area contributed by atoms with Gasteiger partial charge in [0.05, 0.1) is 16.4 Å². The van der Waals surface area contributed by atoms with Crippen molar-refractivity contribution < 1.29 is 4.42 Å². The van der Waals surface area contributed by atoms with Gasteiger partial charge in [-0.2, -0.15) is 9.97 Å². The van der Waals surface area contributed by atoms with E-state index in [2.05, 4.69) is 102 Å². The Labute approximate surface area is 252 Å². The molecule has 0 fully saturated rings. The van der Waals surface area contributed by atoms with Crippen LogP contribution >= 0.6 is 0 Å². The van der Waals surface area contributed by atoms with E-state index < -0.39 is 0 Å². The van der Waals surface area contributed by atoms with Gasteiger partial charge in [-0.3, -0.25) is 4.57 Å². The molecule has 0 unspecified atom stereocenters. The quantitative estimate of drug-likeness (QED) is 0.213. The molecule has 0 N–H and O–H groups in total. The third-order valence-electron chi connectivity index (χ3n) is 8.26.